The average molecular weight is 382 g/mol. The van der Waals surface area contributed by atoms with Crippen molar-refractivity contribution in [2.45, 2.75) is 12.5 Å². The van der Waals surface area contributed by atoms with Gasteiger partial charge in [0.05, 0.1) is 11.3 Å². The van der Waals surface area contributed by atoms with E-state index in [2.05, 4.69) is 0 Å². The number of carboxylic acids is 1. The molecule has 0 spiro atoms. The van der Waals surface area contributed by atoms with Crippen LogP contribution in [0.15, 0.2) is 22.4 Å². The lowest BCUT2D eigenvalue weighted by Crippen LogP contribution is -2.45. The topological polar surface area (TPSA) is 95.0 Å². The number of imide groups is 1. The Morgan fingerprint density at radius 2 is 2.17 bits per heavy atom. The quantitative estimate of drug-likeness (QED) is 0.474. The van der Waals surface area contributed by atoms with Gasteiger partial charge in [-0.2, -0.15) is 0 Å². The number of nitrogens with zero attached hydrogens (tertiary/aromatic N) is 2. The zero-order chi connectivity index (χ0) is 17.4. The van der Waals surface area contributed by atoms with Gasteiger partial charge in [-0.05, 0) is 17.5 Å². The van der Waals surface area contributed by atoms with E-state index in [4.69, 9.17) is 17.3 Å². The molecule has 2 aliphatic heterocycles. The first-order valence-electron chi connectivity index (χ1n) is 6.75. The van der Waals surface area contributed by atoms with E-state index in [1.54, 1.807) is 6.08 Å². The van der Waals surface area contributed by atoms with Crippen molar-refractivity contribution < 1.29 is 24.3 Å². The van der Waals surface area contributed by atoms with Crippen LogP contribution in [0.1, 0.15) is 11.3 Å². The molecule has 2 aliphatic rings. The molecule has 1 atom stereocenters. The van der Waals surface area contributed by atoms with Crippen LogP contribution < -0.4 is 0 Å². The van der Waals surface area contributed by atoms with Gasteiger partial charge in [0, 0.05) is 4.88 Å². The fraction of sp³-hybridized carbons (Fsp3) is 0.214. The van der Waals surface area contributed by atoms with Crippen LogP contribution in [0.5, 0.6) is 0 Å². The molecule has 0 unspecified atom stereocenters. The number of amides is 3. The van der Waals surface area contributed by atoms with Crippen LogP contribution in [-0.4, -0.2) is 55.5 Å². The van der Waals surface area contributed by atoms with Gasteiger partial charge >= 0.3 is 5.97 Å². The summed E-state index contributed by atoms with van der Waals surface area (Å²) in [6.07, 6.45) is 1.42. The Labute approximate surface area is 149 Å². The number of rotatable bonds is 4. The van der Waals surface area contributed by atoms with Crippen LogP contribution in [-0.2, 0) is 19.2 Å². The summed E-state index contributed by atoms with van der Waals surface area (Å²) in [6, 6.07) is 2.62. The maximum atomic E-state index is 12.6. The fourth-order valence-electron chi connectivity index (χ4n) is 2.42. The first kappa shape index (κ1) is 16.8. The predicted octanol–water partition coefficient (Wildman–Crippen LogP) is 1.16. The van der Waals surface area contributed by atoms with Gasteiger partial charge < -0.3 is 5.11 Å². The average Bonchev–Trinajstić information content (AvgIpc) is 3.17. The van der Waals surface area contributed by atoms with Gasteiger partial charge in [0.2, 0.25) is 5.91 Å². The third kappa shape index (κ3) is 2.99. The van der Waals surface area contributed by atoms with Crippen LogP contribution >= 0.6 is 35.3 Å². The molecule has 1 aromatic heterocycles. The molecular formula is C14H10N2O5S3. The van der Waals surface area contributed by atoms with E-state index in [9.17, 15) is 19.2 Å². The summed E-state index contributed by atoms with van der Waals surface area (Å²) in [4.78, 5) is 50.5. The second kappa shape index (κ2) is 6.46. The van der Waals surface area contributed by atoms with E-state index in [1.807, 2.05) is 17.5 Å². The van der Waals surface area contributed by atoms with Crippen LogP contribution in [0.4, 0.5) is 0 Å². The maximum Gasteiger partial charge on any atom is 0.323 e. The highest BCUT2D eigenvalue weighted by molar-refractivity contribution is 8.26. The molecule has 124 valence electrons. The number of aliphatic carboxylic acids is 1. The standard InChI is InChI=1S/C14H10N2O5S3/c17-10-5-8(12(20)15(10)6-11(18)19)16-13(21)9(24-14(16)22)4-7-2-1-3-23-7/h1-4,8H,5-6H2,(H,18,19)/b9-4-/t8-/m1/s1. The molecule has 0 aromatic carbocycles. The Morgan fingerprint density at radius 1 is 1.42 bits per heavy atom. The largest absolute Gasteiger partial charge is 0.480 e. The fourth-order valence-corrected chi connectivity index (χ4v) is 4.50. The molecule has 3 rings (SSSR count). The highest BCUT2D eigenvalue weighted by Crippen LogP contribution is 2.36. The minimum Gasteiger partial charge on any atom is -0.480 e. The molecule has 0 bridgehead atoms. The van der Waals surface area contributed by atoms with E-state index in [0.717, 1.165) is 21.5 Å². The summed E-state index contributed by atoms with van der Waals surface area (Å²) < 4.78 is 0.186. The smallest absolute Gasteiger partial charge is 0.323 e. The molecule has 3 amide bonds. The first-order valence-corrected chi connectivity index (χ1v) is 8.85. The Hall–Kier alpha value is -2.04. The van der Waals surface area contributed by atoms with Crippen LogP contribution in [0.25, 0.3) is 6.08 Å². The van der Waals surface area contributed by atoms with Crippen LogP contribution in [0, 0.1) is 0 Å². The summed E-state index contributed by atoms with van der Waals surface area (Å²) in [5, 5.41) is 10.7. The molecule has 10 heteroatoms. The van der Waals surface area contributed by atoms with Crippen LogP contribution in [0.2, 0.25) is 0 Å². The number of thiophene rings is 1. The maximum absolute atomic E-state index is 12.6. The second-order valence-electron chi connectivity index (χ2n) is 5.00. The Kier molecular flexibility index (Phi) is 4.52. The summed E-state index contributed by atoms with van der Waals surface area (Å²) in [7, 11) is 0. The molecule has 0 saturated carbocycles. The predicted molar refractivity (Wildman–Crippen MR) is 92.1 cm³/mol. The number of carbonyl (C=O) groups is 4. The van der Waals surface area contributed by atoms with Gasteiger partial charge in [0.15, 0.2) is 0 Å². The van der Waals surface area contributed by atoms with E-state index < -0.39 is 36.3 Å². The molecule has 1 N–H and O–H groups in total. The third-order valence-electron chi connectivity index (χ3n) is 3.47. The van der Waals surface area contributed by atoms with Gasteiger partial charge in [-0.1, -0.05) is 30.0 Å². The van der Waals surface area contributed by atoms with E-state index in [1.165, 1.54) is 11.3 Å². The normalized spacial score (nSPS) is 23.0. The monoisotopic (exact) mass is 382 g/mol. The van der Waals surface area contributed by atoms with Crippen molar-refractivity contribution >= 4 is 69.4 Å². The summed E-state index contributed by atoms with van der Waals surface area (Å²) in [6.45, 7) is -0.714. The number of hydrogen-bond donors (Lipinski definition) is 1. The lowest BCUT2D eigenvalue weighted by Gasteiger charge is -2.20. The van der Waals surface area contributed by atoms with Crippen LogP contribution in [0.3, 0.4) is 0 Å². The molecular weight excluding hydrogens is 372 g/mol. The van der Waals surface area contributed by atoms with Crippen molar-refractivity contribution in [3.8, 4) is 0 Å². The van der Waals surface area contributed by atoms with Gasteiger partial charge in [0.25, 0.3) is 11.8 Å². The lowest BCUT2D eigenvalue weighted by molar-refractivity contribution is -0.149. The van der Waals surface area contributed by atoms with Gasteiger partial charge in [-0.25, -0.2) is 0 Å². The summed E-state index contributed by atoms with van der Waals surface area (Å²) in [5.41, 5.74) is 0. The molecule has 2 fully saturated rings. The molecule has 24 heavy (non-hydrogen) atoms. The molecule has 7 nitrogen and oxygen atoms in total. The molecule has 2 saturated heterocycles. The Bertz CT molecular complexity index is 786. The Balaban J connectivity index is 1.84. The highest BCUT2D eigenvalue weighted by atomic mass is 32.2. The summed E-state index contributed by atoms with van der Waals surface area (Å²) in [5.74, 6) is -3.07. The van der Waals surface area contributed by atoms with Gasteiger partial charge in [0.1, 0.15) is 16.9 Å². The number of hydrogen-bond acceptors (Lipinski definition) is 7. The minimum atomic E-state index is -1.29. The second-order valence-corrected chi connectivity index (χ2v) is 7.65. The van der Waals surface area contributed by atoms with E-state index in [0.29, 0.717) is 9.81 Å². The molecule has 1 aromatic rings. The lowest BCUT2D eigenvalue weighted by atomic mass is 10.2. The molecule has 0 radical (unpaired) electrons. The van der Waals surface area contributed by atoms with Gasteiger partial charge in [-0.15, -0.1) is 11.3 Å². The van der Waals surface area contributed by atoms with E-state index in [-0.39, 0.29) is 10.7 Å². The molecule has 3 heterocycles. The van der Waals surface area contributed by atoms with Crippen molar-refractivity contribution in [3.63, 3.8) is 0 Å². The third-order valence-corrected chi connectivity index (χ3v) is 5.61. The zero-order valence-electron chi connectivity index (χ0n) is 12.0. The Morgan fingerprint density at radius 3 is 2.79 bits per heavy atom. The highest BCUT2D eigenvalue weighted by Gasteiger charge is 2.48. The van der Waals surface area contributed by atoms with Crippen molar-refractivity contribution in [2.75, 3.05) is 6.54 Å². The van der Waals surface area contributed by atoms with Crippen molar-refractivity contribution in [1.82, 2.24) is 9.80 Å². The zero-order valence-corrected chi connectivity index (χ0v) is 14.4. The van der Waals surface area contributed by atoms with Gasteiger partial charge in [-0.3, -0.25) is 29.0 Å². The van der Waals surface area contributed by atoms with E-state index >= 15 is 0 Å². The van der Waals surface area contributed by atoms with Crippen molar-refractivity contribution in [3.05, 3.63) is 27.3 Å². The number of likely N-dealkylation sites (tertiary alicyclic amines) is 1. The number of thiocarbonyl (C=S) groups is 1. The SMILES string of the molecule is O=C(O)CN1C(=O)C[C@@H](N2C(=O)/C(=C/c3cccs3)SC2=S)C1=O. The number of carbonyl (C=O) groups excluding carboxylic acids is 3. The number of carboxylic acid groups (broad SMARTS) is 1. The number of thioether (sulfide) groups is 1. The molecule has 0 aliphatic carbocycles. The van der Waals surface area contributed by atoms with Crippen molar-refractivity contribution in [2.24, 2.45) is 0 Å². The minimum absolute atomic E-state index is 0.186. The van der Waals surface area contributed by atoms with Crippen molar-refractivity contribution in [1.29, 1.82) is 0 Å². The summed E-state index contributed by atoms with van der Waals surface area (Å²) >= 11 is 7.70. The first-order chi connectivity index (χ1) is 11.4.